The van der Waals surface area contributed by atoms with Gasteiger partial charge in [-0.25, -0.2) is 0 Å². The highest BCUT2D eigenvalue weighted by Gasteiger charge is 2.31. The van der Waals surface area contributed by atoms with Crippen LogP contribution in [0.25, 0.3) is 0 Å². The number of nitrogens with zero attached hydrogens (tertiary/aromatic N) is 2. The fraction of sp³-hybridized carbons (Fsp3) is 1.00. The van der Waals surface area contributed by atoms with Gasteiger partial charge in [0.15, 0.2) is 0 Å². The summed E-state index contributed by atoms with van der Waals surface area (Å²) in [5, 5.41) is 0. The molecule has 0 spiro atoms. The lowest BCUT2D eigenvalue weighted by Crippen LogP contribution is -2.48. The van der Waals surface area contributed by atoms with Crippen molar-refractivity contribution in [3.63, 3.8) is 0 Å². The Balaban J connectivity index is 1.86. The predicted octanol–water partition coefficient (Wildman–Crippen LogP) is 1.83. The molecule has 2 aliphatic rings. The first-order valence-electron chi connectivity index (χ1n) is 7.23. The van der Waals surface area contributed by atoms with Gasteiger partial charge in [-0.15, -0.1) is 0 Å². The van der Waals surface area contributed by atoms with E-state index in [1.807, 2.05) is 7.11 Å². The van der Waals surface area contributed by atoms with Gasteiger partial charge < -0.3 is 9.64 Å². The predicted molar refractivity (Wildman–Crippen MR) is 71.3 cm³/mol. The molecule has 0 aromatic carbocycles. The Morgan fingerprint density at radius 1 is 1.06 bits per heavy atom. The summed E-state index contributed by atoms with van der Waals surface area (Å²) in [5.74, 6) is 0.934. The summed E-state index contributed by atoms with van der Waals surface area (Å²) in [7, 11) is 4.06. The summed E-state index contributed by atoms with van der Waals surface area (Å²) in [6, 6.07) is 0.840. The molecule has 0 aromatic heterocycles. The van der Waals surface area contributed by atoms with Crippen LogP contribution in [-0.4, -0.2) is 62.8 Å². The number of likely N-dealkylation sites (tertiary alicyclic amines) is 2. The van der Waals surface area contributed by atoms with Crippen molar-refractivity contribution in [2.45, 2.75) is 38.1 Å². The average Bonchev–Trinajstić information content (AvgIpc) is 2.38. The second-order valence-corrected chi connectivity index (χ2v) is 5.73. The Labute approximate surface area is 106 Å². The van der Waals surface area contributed by atoms with Gasteiger partial charge in [-0.2, -0.15) is 0 Å². The van der Waals surface area contributed by atoms with Gasteiger partial charge in [0.05, 0.1) is 6.61 Å². The minimum atomic E-state index is 0.840. The normalized spacial score (nSPS) is 29.6. The van der Waals surface area contributed by atoms with Crippen LogP contribution in [0.1, 0.15) is 32.1 Å². The molecule has 0 radical (unpaired) electrons. The summed E-state index contributed by atoms with van der Waals surface area (Å²) in [6.45, 7) is 5.90. The highest BCUT2D eigenvalue weighted by molar-refractivity contribution is 4.86. The second-order valence-electron chi connectivity index (χ2n) is 5.73. The molecule has 1 atom stereocenters. The number of rotatable bonds is 4. The number of piperidine rings is 2. The molecule has 2 aliphatic heterocycles. The van der Waals surface area contributed by atoms with Gasteiger partial charge in [-0.1, -0.05) is 6.42 Å². The van der Waals surface area contributed by atoms with Gasteiger partial charge in [0.1, 0.15) is 0 Å². The summed E-state index contributed by atoms with van der Waals surface area (Å²) < 4.78 is 5.25. The number of ether oxygens (including phenoxy) is 1. The van der Waals surface area contributed by atoms with Gasteiger partial charge in [0.25, 0.3) is 0 Å². The molecule has 0 aliphatic carbocycles. The fourth-order valence-corrected chi connectivity index (χ4v) is 3.45. The first kappa shape index (κ1) is 13.3. The highest BCUT2D eigenvalue weighted by atomic mass is 16.5. The topological polar surface area (TPSA) is 15.7 Å². The van der Waals surface area contributed by atoms with Crippen LogP contribution in [0.2, 0.25) is 0 Å². The van der Waals surface area contributed by atoms with Crippen molar-refractivity contribution in [2.75, 3.05) is 46.9 Å². The van der Waals surface area contributed by atoms with Crippen molar-refractivity contribution in [2.24, 2.45) is 5.92 Å². The Kier molecular flexibility index (Phi) is 5.26. The third-order valence-corrected chi connectivity index (χ3v) is 4.55. The molecule has 0 saturated carbocycles. The van der Waals surface area contributed by atoms with Crippen LogP contribution in [0.5, 0.6) is 0 Å². The average molecular weight is 240 g/mol. The van der Waals surface area contributed by atoms with E-state index in [2.05, 4.69) is 16.8 Å². The molecular formula is C14H28N2O. The Morgan fingerprint density at radius 2 is 1.82 bits per heavy atom. The van der Waals surface area contributed by atoms with Gasteiger partial charge in [-0.05, 0) is 58.3 Å². The van der Waals surface area contributed by atoms with Crippen LogP contribution in [0.4, 0.5) is 0 Å². The molecule has 2 saturated heterocycles. The van der Waals surface area contributed by atoms with E-state index >= 15 is 0 Å². The minimum absolute atomic E-state index is 0.840. The van der Waals surface area contributed by atoms with E-state index in [1.54, 1.807) is 0 Å². The molecule has 0 amide bonds. The van der Waals surface area contributed by atoms with Crippen molar-refractivity contribution < 1.29 is 4.74 Å². The standard InChI is InChI=1S/C14H28N2O/c1-15-9-6-13(7-10-15)14-5-3-4-8-16(14)11-12-17-2/h13-14H,3-12H2,1-2H3. The molecule has 3 heteroatoms. The van der Waals surface area contributed by atoms with Crippen LogP contribution in [0.3, 0.4) is 0 Å². The number of hydrogen-bond donors (Lipinski definition) is 0. The second kappa shape index (κ2) is 6.72. The molecule has 1 unspecified atom stereocenters. The summed E-state index contributed by atoms with van der Waals surface area (Å²) in [5.41, 5.74) is 0. The van der Waals surface area contributed by atoms with Crippen molar-refractivity contribution in [1.29, 1.82) is 0 Å². The summed E-state index contributed by atoms with van der Waals surface area (Å²) >= 11 is 0. The van der Waals surface area contributed by atoms with Crippen LogP contribution in [0.15, 0.2) is 0 Å². The highest BCUT2D eigenvalue weighted by Crippen LogP contribution is 2.29. The third-order valence-electron chi connectivity index (χ3n) is 4.55. The first-order valence-corrected chi connectivity index (χ1v) is 7.23. The Morgan fingerprint density at radius 3 is 2.53 bits per heavy atom. The number of hydrogen-bond acceptors (Lipinski definition) is 3. The minimum Gasteiger partial charge on any atom is -0.383 e. The molecule has 0 N–H and O–H groups in total. The molecule has 2 fully saturated rings. The molecule has 2 rings (SSSR count). The van der Waals surface area contributed by atoms with Crippen LogP contribution < -0.4 is 0 Å². The van der Waals surface area contributed by atoms with E-state index in [9.17, 15) is 0 Å². The zero-order chi connectivity index (χ0) is 12.1. The maximum Gasteiger partial charge on any atom is 0.0589 e. The maximum atomic E-state index is 5.25. The molecule has 17 heavy (non-hydrogen) atoms. The maximum absolute atomic E-state index is 5.25. The van der Waals surface area contributed by atoms with Crippen LogP contribution in [-0.2, 0) is 4.74 Å². The fourth-order valence-electron chi connectivity index (χ4n) is 3.45. The zero-order valence-corrected chi connectivity index (χ0v) is 11.5. The quantitative estimate of drug-likeness (QED) is 0.745. The lowest BCUT2D eigenvalue weighted by atomic mass is 9.84. The molecule has 100 valence electrons. The van der Waals surface area contributed by atoms with Crippen molar-refractivity contribution in [3.05, 3.63) is 0 Å². The number of methoxy groups -OCH3 is 1. The smallest absolute Gasteiger partial charge is 0.0589 e. The van der Waals surface area contributed by atoms with Crippen molar-refractivity contribution >= 4 is 0 Å². The lowest BCUT2D eigenvalue weighted by Gasteiger charge is -2.43. The van der Waals surface area contributed by atoms with Gasteiger partial charge in [0, 0.05) is 19.7 Å². The van der Waals surface area contributed by atoms with E-state index in [0.717, 1.165) is 25.1 Å². The largest absolute Gasteiger partial charge is 0.383 e. The SMILES string of the molecule is COCCN1CCCCC1C1CCN(C)CC1. The Hall–Kier alpha value is -0.120. The third kappa shape index (κ3) is 3.67. The van der Waals surface area contributed by atoms with E-state index in [4.69, 9.17) is 4.74 Å². The van der Waals surface area contributed by atoms with Crippen molar-refractivity contribution in [3.8, 4) is 0 Å². The lowest BCUT2D eigenvalue weighted by molar-refractivity contribution is 0.0453. The van der Waals surface area contributed by atoms with E-state index in [0.29, 0.717) is 0 Å². The van der Waals surface area contributed by atoms with Gasteiger partial charge in [-0.3, -0.25) is 4.90 Å². The van der Waals surface area contributed by atoms with Crippen LogP contribution >= 0.6 is 0 Å². The molecule has 0 bridgehead atoms. The zero-order valence-electron chi connectivity index (χ0n) is 11.5. The molecule has 2 heterocycles. The summed E-state index contributed by atoms with van der Waals surface area (Å²) in [6.07, 6.45) is 7.01. The molecular weight excluding hydrogens is 212 g/mol. The Bertz CT molecular complexity index is 210. The van der Waals surface area contributed by atoms with Gasteiger partial charge in [0.2, 0.25) is 0 Å². The first-order chi connectivity index (χ1) is 8.31. The molecule has 3 nitrogen and oxygen atoms in total. The van der Waals surface area contributed by atoms with E-state index in [-0.39, 0.29) is 0 Å². The molecule has 0 aromatic rings. The summed E-state index contributed by atoms with van der Waals surface area (Å²) in [4.78, 5) is 5.17. The van der Waals surface area contributed by atoms with E-state index in [1.165, 1.54) is 51.7 Å². The van der Waals surface area contributed by atoms with Gasteiger partial charge >= 0.3 is 0 Å². The van der Waals surface area contributed by atoms with E-state index < -0.39 is 0 Å². The van der Waals surface area contributed by atoms with Crippen LogP contribution in [0, 0.1) is 5.92 Å². The van der Waals surface area contributed by atoms with Crippen molar-refractivity contribution in [1.82, 2.24) is 9.80 Å². The monoisotopic (exact) mass is 240 g/mol.